The van der Waals surface area contributed by atoms with E-state index >= 15 is 0 Å². The molecule has 0 bridgehead atoms. The first-order chi connectivity index (χ1) is 13.5. The number of fused-ring (bicyclic) bond motifs is 1. The first-order valence-electron chi connectivity index (χ1n) is 8.84. The Kier molecular flexibility index (Phi) is 6.26. The Bertz CT molecular complexity index is 1060. The van der Waals surface area contributed by atoms with Crippen LogP contribution in [0.4, 0.5) is 0 Å². The molecule has 7 heteroatoms. The topological polar surface area (TPSA) is 72.7 Å². The number of rotatable bonds is 6. The number of ether oxygens (including phenoxy) is 1. The fraction of sp³-hybridized carbons (Fsp3) is 0.190. The van der Waals surface area contributed by atoms with Gasteiger partial charge in [0.15, 0.2) is 0 Å². The van der Waals surface area contributed by atoms with Crippen LogP contribution in [0.2, 0.25) is 0 Å². The monoisotopic (exact) mass is 441 g/mol. The molecule has 0 aliphatic carbocycles. The highest BCUT2D eigenvalue weighted by atomic mass is 79.9. The molecule has 1 amide bonds. The average molecular weight is 442 g/mol. The second-order valence-electron chi connectivity index (χ2n) is 6.09. The van der Waals surface area contributed by atoms with E-state index in [1.165, 1.54) is 0 Å². The Morgan fingerprint density at radius 1 is 1.18 bits per heavy atom. The molecule has 0 aliphatic rings. The molecule has 1 N–H and O–H groups in total. The summed E-state index contributed by atoms with van der Waals surface area (Å²) in [4.78, 5) is 24.3. The number of aromatic nitrogens is 1. The fourth-order valence-electron chi connectivity index (χ4n) is 3.02. The molecule has 3 rings (SSSR count). The highest BCUT2D eigenvalue weighted by Crippen LogP contribution is 2.24. The lowest BCUT2D eigenvalue weighted by Gasteiger charge is -2.07. The Morgan fingerprint density at radius 2 is 1.89 bits per heavy atom. The lowest BCUT2D eigenvalue weighted by molar-refractivity contribution is -0.143. The molecule has 0 spiro atoms. The van der Waals surface area contributed by atoms with Gasteiger partial charge >= 0.3 is 5.97 Å². The number of hydrogen-bond acceptors (Lipinski definition) is 4. The van der Waals surface area contributed by atoms with E-state index in [1.807, 2.05) is 41.8 Å². The molecule has 2 aromatic carbocycles. The minimum atomic E-state index is -0.309. The van der Waals surface area contributed by atoms with Crippen LogP contribution in [-0.4, -0.2) is 29.3 Å². The average Bonchev–Trinajstić information content (AvgIpc) is 2.94. The molecular weight excluding hydrogens is 422 g/mol. The van der Waals surface area contributed by atoms with E-state index in [0.717, 1.165) is 22.2 Å². The van der Waals surface area contributed by atoms with Crippen LogP contribution in [0.1, 0.15) is 28.5 Å². The predicted octanol–water partition coefficient (Wildman–Crippen LogP) is 4.04. The first-order valence-corrected chi connectivity index (χ1v) is 9.63. The van der Waals surface area contributed by atoms with Gasteiger partial charge in [-0.05, 0) is 48.0 Å². The molecule has 6 nitrogen and oxygen atoms in total. The molecular formula is C21H20BrN3O3. The highest BCUT2D eigenvalue weighted by molar-refractivity contribution is 9.10. The van der Waals surface area contributed by atoms with Crippen molar-refractivity contribution >= 4 is 44.9 Å². The van der Waals surface area contributed by atoms with Crippen molar-refractivity contribution in [3.63, 3.8) is 0 Å². The number of para-hydroxylation sites is 1. The SMILES string of the molecule is CCOC(=O)Cn1c(C)c(/C=N\NC(=O)c2ccccc2Br)c2ccccc21. The van der Waals surface area contributed by atoms with E-state index in [9.17, 15) is 9.59 Å². The van der Waals surface area contributed by atoms with Gasteiger partial charge in [0.2, 0.25) is 0 Å². The molecule has 0 saturated carbocycles. The summed E-state index contributed by atoms with van der Waals surface area (Å²) < 4.78 is 7.67. The van der Waals surface area contributed by atoms with Gasteiger partial charge in [-0.1, -0.05) is 30.3 Å². The summed E-state index contributed by atoms with van der Waals surface area (Å²) in [5, 5.41) is 5.07. The largest absolute Gasteiger partial charge is 0.465 e. The van der Waals surface area contributed by atoms with Crippen LogP contribution in [0.15, 0.2) is 58.1 Å². The fourth-order valence-corrected chi connectivity index (χ4v) is 3.49. The molecule has 28 heavy (non-hydrogen) atoms. The number of hydrogen-bond donors (Lipinski definition) is 1. The van der Waals surface area contributed by atoms with Crippen molar-refractivity contribution in [1.29, 1.82) is 0 Å². The van der Waals surface area contributed by atoms with E-state index in [-0.39, 0.29) is 18.4 Å². The van der Waals surface area contributed by atoms with Crippen LogP contribution in [0.25, 0.3) is 10.9 Å². The number of carbonyl (C=O) groups excluding carboxylic acids is 2. The molecule has 0 atom stereocenters. The van der Waals surface area contributed by atoms with Crippen molar-refractivity contribution in [3.05, 3.63) is 69.8 Å². The lowest BCUT2D eigenvalue weighted by Crippen LogP contribution is -2.18. The molecule has 3 aromatic rings. The number of nitrogens with zero attached hydrogens (tertiary/aromatic N) is 2. The van der Waals surface area contributed by atoms with Crippen molar-refractivity contribution < 1.29 is 14.3 Å². The van der Waals surface area contributed by atoms with Crippen molar-refractivity contribution in [1.82, 2.24) is 9.99 Å². The third kappa shape index (κ3) is 4.14. The van der Waals surface area contributed by atoms with E-state index < -0.39 is 0 Å². The van der Waals surface area contributed by atoms with Crippen LogP contribution in [-0.2, 0) is 16.1 Å². The van der Waals surface area contributed by atoms with E-state index in [1.54, 1.807) is 31.3 Å². The molecule has 0 aliphatic heterocycles. The molecule has 0 fully saturated rings. The van der Waals surface area contributed by atoms with Crippen molar-refractivity contribution in [2.24, 2.45) is 5.10 Å². The summed E-state index contributed by atoms with van der Waals surface area (Å²) in [7, 11) is 0. The number of halogens is 1. The molecule has 144 valence electrons. The third-order valence-corrected chi connectivity index (χ3v) is 5.04. The van der Waals surface area contributed by atoms with E-state index in [0.29, 0.717) is 16.6 Å². The van der Waals surface area contributed by atoms with Crippen LogP contribution >= 0.6 is 15.9 Å². The van der Waals surface area contributed by atoms with Crippen LogP contribution in [0.5, 0.6) is 0 Å². The van der Waals surface area contributed by atoms with Crippen LogP contribution < -0.4 is 5.43 Å². The lowest BCUT2D eigenvalue weighted by atomic mass is 10.1. The maximum Gasteiger partial charge on any atom is 0.325 e. The molecule has 0 radical (unpaired) electrons. The number of amides is 1. The van der Waals surface area contributed by atoms with Crippen LogP contribution in [0, 0.1) is 6.92 Å². The number of hydrazone groups is 1. The number of benzene rings is 2. The smallest absolute Gasteiger partial charge is 0.325 e. The molecule has 0 unspecified atom stereocenters. The Balaban J connectivity index is 1.88. The number of esters is 1. The Labute approximate surface area is 171 Å². The molecule has 1 heterocycles. The maximum absolute atomic E-state index is 12.3. The van der Waals surface area contributed by atoms with Gasteiger partial charge in [-0.2, -0.15) is 5.10 Å². The van der Waals surface area contributed by atoms with E-state index in [4.69, 9.17) is 4.74 Å². The minimum absolute atomic E-state index is 0.122. The second kappa shape index (κ2) is 8.84. The summed E-state index contributed by atoms with van der Waals surface area (Å²) in [5.74, 6) is -0.603. The number of nitrogens with one attached hydrogen (secondary N) is 1. The van der Waals surface area contributed by atoms with Gasteiger partial charge in [-0.25, -0.2) is 5.43 Å². The normalized spacial score (nSPS) is 11.1. The highest BCUT2D eigenvalue weighted by Gasteiger charge is 2.15. The van der Waals surface area contributed by atoms with Gasteiger partial charge in [-0.3, -0.25) is 9.59 Å². The summed E-state index contributed by atoms with van der Waals surface area (Å²) in [5.41, 5.74) is 5.67. The summed E-state index contributed by atoms with van der Waals surface area (Å²) in [6.45, 7) is 4.16. The van der Waals surface area contributed by atoms with Gasteiger partial charge in [0.05, 0.1) is 18.4 Å². The summed E-state index contributed by atoms with van der Waals surface area (Å²) in [6, 6.07) is 14.9. The summed E-state index contributed by atoms with van der Waals surface area (Å²) >= 11 is 3.36. The predicted molar refractivity (Wildman–Crippen MR) is 113 cm³/mol. The molecule has 0 saturated heterocycles. The van der Waals surface area contributed by atoms with Crippen molar-refractivity contribution in [2.75, 3.05) is 6.61 Å². The standard InChI is InChI=1S/C21H20BrN3O3/c1-3-28-20(26)13-25-14(2)17(15-8-5-7-11-19(15)25)12-23-24-21(27)16-9-4-6-10-18(16)22/h4-12H,3,13H2,1-2H3,(H,24,27)/b23-12-. The Hall–Kier alpha value is -2.93. The minimum Gasteiger partial charge on any atom is -0.465 e. The zero-order chi connectivity index (χ0) is 20.1. The maximum atomic E-state index is 12.3. The summed E-state index contributed by atoms with van der Waals surface area (Å²) in [6.07, 6.45) is 1.61. The van der Waals surface area contributed by atoms with Gasteiger partial charge < -0.3 is 9.30 Å². The quantitative estimate of drug-likeness (QED) is 0.356. The van der Waals surface area contributed by atoms with Gasteiger partial charge in [0.1, 0.15) is 6.54 Å². The zero-order valence-electron chi connectivity index (χ0n) is 15.6. The molecule has 1 aromatic heterocycles. The second-order valence-corrected chi connectivity index (χ2v) is 6.94. The van der Waals surface area contributed by atoms with E-state index in [2.05, 4.69) is 26.5 Å². The zero-order valence-corrected chi connectivity index (χ0v) is 17.2. The Morgan fingerprint density at radius 3 is 2.64 bits per heavy atom. The van der Waals surface area contributed by atoms with Crippen molar-refractivity contribution in [3.8, 4) is 0 Å². The van der Waals surface area contributed by atoms with Gasteiger partial charge in [0, 0.05) is 26.6 Å². The first kappa shape index (κ1) is 19.8. The number of carbonyl (C=O) groups is 2. The third-order valence-electron chi connectivity index (χ3n) is 4.35. The van der Waals surface area contributed by atoms with Gasteiger partial charge in [0.25, 0.3) is 5.91 Å². The van der Waals surface area contributed by atoms with Crippen LogP contribution in [0.3, 0.4) is 0 Å². The van der Waals surface area contributed by atoms with Crippen molar-refractivity contribution in [2.45, 2.75) is 20.4 Å². The van der Waals surface area contributed by atoms with Gasteiger partial charge in [-0.15, -0.1) is 0 Å².